The van der Waals surface area contributed by atoms with E-state index in [2.05, 4.69) is 18.7 Å². The van der Waals surface area contributed by atoms with Gasteiger partial charge in [0.2, 0.25) is 0 Å². The number of aliphatic hydroxyl groups excluding tert-OH is 1. The van der Waals surface area contributed by atoms with Crippen LogP contribution < -0.4 is 4.74 Å². The van der Waals surface area contributed by atoms with Crippen LogP contribution in [0.2, 0.25) is 0 Å². The fourth-order valence-electron chi connectivity index (χ4n) is 2.73. The molecule has 1 N–H and O–H groups in total. The number of carbonyl (C=O) groups excluding carboxylic acids is 1. The Hall–Kier alpha value is -1.81. The third-order valence-electron chi connectivity index (χ3n) is 4.02. The van der Waals surface area contributed by atoms with E-state index in [1.165, 1.54) is 5.56 Å². The fourth-order valence-corrected chi connectivity index (χ4v) is 2.73. The summed E-state index contributed by atoms with van der Waals surface area (Å²) in [5.74, 6) is 0.979. The summed E-state index contributed by atoms with van der Waals surface area (Å²) in [5, 5.41) is 9.55. The Morgan fingerprint density at radius 1 is 1.18 bits per heavy atom. The summed E-state index contributed by atoms with van der Waals surface area (Å²) in [5.41, 5.74) is 1.32. The largest absolute Gasteiger partial charge is 0.493 e. The highest BCUT2D eigenvalue weighted by atomic mass is 16.5. The van der Waals surface area contributed by atoms with Gasteiger partial charge in [-0.3, -0.25) is 0 Å². The van der Waals surface area contributed by atoms with Crippen molar-refractivity contribution < 1.29 is 19.4 Å². The Bertz CT molecular complexity index is 472. The van der Waals surface area contributed by atoms with Crippen LogP contribution in [0, 0.1) is 0 Å². The smallest absolute Gasteiger partial charge is 0.330 e. The zero-order valence-corrected chi connectivity index (χ0v) is 12.9. The maximum absolute atomic E-state index is 10.9. The molecule has 0 radical (unpaired) electrons. The van der Waals surface area contributed by atoms with Crippen LogP contribution in [0.3, 0.4) is 0 Å². The van der Waals surface area contributed by atoms with Gasteiger partial charge in [0.15, 0.2) is 0 Å². The lowest BCUT2D eigenvalue weighted by atomic mass is 9.83. The Morgan fingerprint density at radius 2 is 1.86 bits per heavy atom. The summed E-state index contributed by atoms with van der Waals surface area (Å²) in [4.78, 5) is 10.9. The normalized spacial score (nSPS) is 21.1. The highest BCUT2D eigenvalue weighted by Crippen LogP contribution is 2.33. The lowest BCUT2D eigenvalue weighted by Gasteiger charge is -2.25. The minimum atomic E-state index is -0.401. The quantitative estimate of drug-likeness (QED) is 0.477. The molecule has 1 aliphatic rings. The van der Waals surface area contributed by atoms with Crippen LogP contribution >= 0.6 is 0 Å². The summed E-state index contributed by atoms with van der Waals surface area (Å²) in [6.07, 6.45) is 5.59. The Morgan fingerprint density at radius 3 is 2.50 bits per heavy atom. The van der Waals surface area contributed by atoms with Crippen LogP contribution in [0.4, 0.5) is 0 Å². The van der Waals surface area contributed by atoms with Crippen molar-refractivity contribution in [1.29, 1.82) is 0 Å². The minimum Gasteiger partial charge on any atom is -0.493 e. The van der Waals surface area contributed by atoms with E-state index < -0.39 is 5.97 Å². The van der Waals surface area contributed by atoms with Crippen LogP contribution in [0.1, 0.15) is 43.6 Å². The zero-order chi connectivity index (χ0) is 15.8. The van der Waals surface area contributed by atoms with Gasteiger partial charge in [0.05, 0.1) is 19.3 Å². The predicted octanol–water partition coefficient (Wildman–Crippen LogP) is 3.20. The number of ether oxygens (including phenoxy) is 2. The molecule has 0 spiro atoms. The van der Waals surface area contributed by atoms with Gasteiger partial charge in [-0.15, -0.1) is 0 Å². The SMILES string of the molecule is C=CC(=O)OCCCOc1ccc(C2CCC(O)CC2)cc1. The molecule has 2 rings (SSSR count). The first-order chi connectivity index (χ1) is 10.7. The molecule has 1 aliphatic carbocycles. The van der Waals surface area contributed by atoms with Gasteiger partial charge in [0.1, 0.15) is 5.75 Å². The van der Waals surface area contributed by atoms with E-state index in [-0.39, 0.29) is 6.10 Å². The van der Waals surface area contributed by atoms with Crippen molar-refractivity contribution in [3.8, 4) is 5.75 Å². The Labute approximate surface area is 131 Å². The summed E-state index contributed by atoms with van der Waals surface area (Å²) in [7, 11) is 0. The standard InChI is InChI=1S/C18H24O4/c1-2-18(20)22-13-3-12-21-17-10-6-15(7-11-17)14-4-8-16(19)9-5-14/h2,6-7,10-11,14,16,19H,1,3-5,8-9,12-13H2. The van der Waals surface area contributed by atoms with Crippen molar-refractivity contribution in [3.63, 3.8) is 0 Å². The first-order valence-corrected chi connectivity index (χ1v) is 7.89. The summed E-state index contributed by atoms with van der Waals surface area (Å²) >= 11 is 0. The molecule has 4 nitrogen and oxygen atoms in total. The molecular weight excluding hydrogens is 280 g/mol. The Balaban J connectivity index is 1.70. The molecule has 0 aromatic heterocycles. The lowest BCUT2D eigenvalue weighted by molar-refractivity contribution is -0.137. The van der Waals surface area contributed by atoms with Crippen molar-refractivity contribution in [2.24, 2.45) is 0 Å². The molecule has 4 heteroatoms. The number of benzene rings is 1. The second-order valence-electron chi connectivity index (χ2n) is 5.65. The monoisotopic (exact) mass is 304 g/mol. The lowest BCUT2D eigenvalue weighted by Crippen LogP contribution is -2.16. The molecule has 1 fully saturated rings. The van der Waals surface area contributed by atoms with Gasteiger partial charge in [-0.05, 0) is 49.3 Å². The van der Waals surface area contributed by atoms with E-state index in [0.717, 1.165) is 37.5 Å². The number of hydrogen-bond acceptors (Lipinski definition) is 4. The van der Waals surface area contributed by atoms with E-state index >= 15 is 0 Å². The van der Waals surface area contributed by atoms with E-state index in [9.17, 15) is 9.90 Å². The van der Waals surface area contributed by atoms with E-state index in [0.29, 0.717) is 25.6 Å². The second kappa shape index (κ2) is 8.59. The number of hydrogen-bond donors (Lipinski definition) is 1. The topological polar surface area (TPSA) is 55.8 Å². The van der Waals surface area contributed by atoms with Gasteiger partial charge in [-0.2, -0.15) is 0 Å². The van der Waals surface area contributed by atoms with Crippen LogP contribution in [-0.2, 0) is 9.53 Å². The molecule has 0 aliphatic heterocycles. The molecule has 1 aromatic rings. The average molecular weight is 304 g/mol. The van der Waals surface area contributed by atoms with Crippen LogP contribution in [0.25, 0.3) is 0 Å². The van der Waals surface area contributed by atoms with E-state index in [4.69, 9.17) is 9.47 Å². The molecule has 22 heavy (non-hydrogen) atoms. The molecule has 120 valence electrons. The van der Waals surface area contributed by atoms with Crippen molar-refractivity contribution >= 4 is 5.97 Å². The molecular formula is C18H24O4. The average Bonchev–Trinajstić information content (AvgIpc) is 2.55. The van der Waals surface area contributed by atoms with Gasteiger partial charge >= 0.3 is 5.97 Å². The van der Waals surface area contributed by atoms with Crippen LogP contribution in [0.15, 0.2) is 36.9 Å². The van der Waals surface area contributed by atoms with Gasteiger partial charge in [0, 0.05) is 12.5 Å². The zero-order valence-electron chi connectivity index (χ0n) is 12.9. The van der Waals surface area contributed by atoms with Crippen molar-refractivity contribution in [2.45, 2.75) is 44.1 Å². The minimum absolute atomic E-state index is 0.117. The third-order valence-corrected chi connectivity index (χ3v) is 4.02. The van der Waals surface area contributed by atoms with Crippen molar-refractivity contribution in [2.75, 3.05) is 13.2 Å². The van der Waals surface area contributed by atoms with Crippen LogP contribution in [0.5, 0.6) is 5.75 Å². The second-order valence-corrected chi connectivity index (χ2v) is 5.65. The number of rotatable bonds is 7. The van der Waals surface area contributed by atoms with Gasteiger partial charge in [-0.25, -0.2) is 4.79 Å². The number of carbonyl (C=O) groups is 1. The molecule has 1 aromatic carbocycles. The van der Waals surface area contributed by atoms with Crippen molar-refractivity contribution in [1.82, 2.24) is 0 Å². The molecule has 0 saturated heterocycles. The highest BCUT2D eigenvalue weighted by Gasteiger charge is 2.20. The molecule has 0 heterocycles. The fraction of sp³-hybridized carbons (Fsp3) is 0.500. The third kappa shape index (κ3) is 5.19. The van der Waals surface area contributed by atoms with E-state index in [1.54, 1.807) is 0 Å². The van der Waals surface area contributed by atoms with E-state index in [1.807, 2.05) is 12.1 Å². The predicted molar refractivity (Wildman–Crippen MR) is 84.9 cm³/mol. The van der Waals surface area contributed by atoms with Gasteiger partial charge < -0.3 is 14.6 Å². The first-order valence-electron chi connectivity index (χ1n) is 7.89. The number of esters is 1. The van der Waals surface area contributed by atoms with Gasteiger partial charge in [-0.1, -0.05) is 18.7 Å². The summed E-state index contributed by atoms with van der Waals surface area (Å²) in [6.45, 7) is 4.19. The highest BCUT2D eigenvalue weighted by molar-refractivity contribution is 5.81. The van der Waals surface area contributed by atoms with Crippen molar-refractivity contribution in [3.05, 3.63) is 42.5 Å². The molecule has 0 unspecified atom stereocenters. The maximum atomic E-state index is 10.9. The number of aliphatic hydroxyl groups is 1. The summed E-state index contributed by atoms with van der Waals surface area (Å²) < 4.78 is 10.5. The van der Waals surface area contributed by atoms with Crippen LogP contribution in [-0.4, -0.2) is 30.4 Å². The summed E-state index contributed by atoms with van der Waals surface area (Å²) in [6, 6.07) is 8.18. The molecule has 0 amide bonds. The molecule has 0 bridgehead atoms. The van der Waals surface area contributed by atoms with Gasteiger partial charge in [0.25, 0.3) is 0 Å². The Kier molecular flexibility index (Phi) is 6.46. The maximum Gasteiger partial charge on any atom is 0.330 e. The molecule has 1 saturated carbocycles. The molecule has 0 atom stereocenters. The first kappa shape index (κ1) is 16.6.